The maximum atomic E-state index is 13.2. The molecule has 7 nitrogen and oxygen atoms in total. The molecule has 0 bridgehead atoms. The van der Waals surface area contributed by atoms with Crippen LogP contribution < -0.4 is 9.47 Å². The number of hydrogen-bond acceptors (Lipinski definition) is 5. The van der Waals surface area contributed by atoms with E-state index in [-0.39, 0.29) is 11.9 Å². The predicted molar refractivity (Wildman–Crippen MR) is 120 cm³/mol. The number of ether oxygens (including phenoxy) is 2. The second-order valence-corrected chi connectivity index (χ2v) is 7.82. The lowest BCUT2D eigenvalue weighted by Gasteiger charge is -2.26. The molecule has 0 saturated carbocycles. The van der Waals surface area contributed by atoms with E-state index in [9.17, 15) is 4.79 Å². The van der Waals surface area contributed by atoms with Crippen molar-refractivity contribution in [1.29, 1.82) is 0 Å². The molecule has 0 aliphatic heterocycles. The van der Waals surface area contributed by atoms with Crippen LogP contribution in [-0.2, 0) is 0 Å². The first-order chi connectivity index (χ1) is 14.9. The van der Waals surface area contributed by atoms with E-state index in [0.717, 1.165) is 11.3 Å². The van der Waals surface area contributed by atoms with Crippen LogP contribution in [0, 0.1) is 5.92 Å². The number of rotatable bonds is 9. The molecule has 1 amide bonds. The van der Waals surface area contributed by atoms with Gasteiger partial charge < -0.3 is 14.4 Å². The lowest BCUT2D eigenvalue weighted by Crippen LogP contribution is -2.29. The minimum Gasteiger partial charge on any atom is -0.490 e. The van der Waals surface area contributed by atoms with Gasteiger partial charge in [-0.1, -0.05) is 26.0 Å². The molecular weight excluding hydrogens is 392 g/mol. The largest absolute Gasteiger partial charge is 0.490 e. The van der Waals surface area contributed by atoms with Crippen molar-refractivity contribution >= 4 is 5.91 Å². The summed E-state index contributed by atoms with van der Waals surface area (Å²) in [6, 6.07) is 13.2. The standard InChI is InChI=1S/C24H30N4O3/c1-6-30-23-13-20(9-12-22(23)31-14-17(2)3)24(29)27(5)18(4)19-7-10-21(11-8-19)28-16-25-15-26-28/h7-13,15-18H,6,14H2,1-5H3/t18-/m1/s1. The number of carbonyl (C=O) groups is 1. The van der Waals surface area contributed by atoms with E-state index in [4.69, 9.17) is 9.47 Å². The van der Waals surface area contributed by atoms with E-state index in [2.05, 4.69) is 23.9 Å². The Morgan fingerprint density at radius 3 is 2.42 bits per heavy atom. The molecule has 0 unspecified atom stereocenters. The Morgan fingerprint density at radius 2 is 1.81 bits per heavy atom. The Labute approximate surface area is 183 Å². The van der Waals surface area contributed by atoms with Crippen LogP contribution in [-0.4, -0.2) is 45.8 Å². The summed E-state index contributed by atoms with van der Waals surface area (Å²) in [5, 5.41) is 4.14. The van der Waals surface area contributed by atoms with Crippen molar-refractivity contribution < 1.29 is 14.3 Å². The molecule has 0 fully saturated rings. The highest BCUT2D eigenvalue weighted by Gasteiger charge is 2.21. The molecule has 0 saturated heterocycles. The molecule has 0 radical (unpaired) electrons. The second-order valence-electron chi connectivity index (χ2n) is 7.82. The normalized spacial score (nSPS) is 11.9. The summed E-state index contributed by atoms with van der Waals surface area (Å²) in [6.07, 6.45) is 3.15. The molecule has 1 heterocycles. The number of aromatic nitrogens is 3. The van der Waals surface area contributed by atoms with Crippen LogP contribution in [0.3, 0.4) is 0 Å². The van der Waals surface area contributed by atoms with Crippen molar-refractivity contribution in [1.82, 2.24) is 19.7 Å². The van der Waals surface area contributed by atoms with Crippen molar-refractivity contribution in [3.63, 3.8) is 0 Å². The number of benzene rings is 2. The molecule has 0 aliphatic carbocycles. The summed E-state index contributed by atoms with van der Waals surface area (Å²) in [7, 11) is 1.81. The fourth-order valence-corrected chi connectivity index (χ4v) is 3.14. The minimum absolute atomic E-state index is 0.0794. The van der Waals surface area contributed by atoms with Crippen molar-refractivity contribution in [2.75, 3.05) is 20.3 Å². The summed E-state index contributed by atoms with van der Waals surface area (Å²) in [4.78, 5) is 18.8. The fraction of sp³-hybridized carbons (Fsp3) is 0.375. The lowest BCUT2D eigenvalue weighted by atomic mass is 10.1. The Hall–Kier alpha value is -3.35. The van der Waals surface area contributed by atoms with Gasteiger partial charge in [0.1, 0.15) is 12.7 Å². The van der Waals surface area contributed by atoms with Gasteiger partial charge in [-0.2, -0.15) is 5.10 Å². The first-order valence-corrected chi connectivity index (χ1v) is 10.5. The first-order valence-electron chi connectivity index (χ1n) is 10.5. The number of hydrogen-bond donors (Lipinski definition) is 0. The van der Waals surface area contributed by atoms with Crippen LogP contribution in [0.4, 0.5) is 0 Å². The smallest absolute Gasteiger partial charge is 0.254 e. The zero-order chi connectivity index (χ0) is 22.4. The third kappa shape index (κ3) is 5.42. The fourth-order valence-electron chi connectivity index (χ4n) is 3.14. The molecule has 0 N–H and O–H groups in total. The molecular formula is C24H30N4O3. The summed E-state index contributed by atoms with van der Waals surface area (Å²) < 4.78 is 13.3. The molecule has 0 spiro atoms. The van der Waals surface area contributed by atoms with Crippen LogP contribution >= 0.6 is 0 Å². The van der Waals surface area contributed by atoms with Gasteiger partial charge in [-0.3, -0.25) is 4.79 Å². The molecule has 2 aromatic carbocycles. The van der Waals surface area contributed by atoms with Crippen LogP contribution in [0.2, 0.25) is 0 Å². The topological polar surface area (TPSA) is 69.5 Å². The summed E-state index contributed by atoms with van der Waals surface area (Å²) in [5.41, 5.74) is 2.51. The molecule has 7 heteroatoms. The van der Waals surface area contributed by atoms with Gasteiger partial charge in [0.15, 0.2) is 11.5 Å². The van der Waals surface area contributed by atoms with Crippen molar-refractivity contribution in [2.24, 2.45) is 5.92 Å². The van der Waals surface area contributed by atoms with Crippen LogP contribution in [0.25, 0.3) is 5.69 Å². The van der Waals surface area contributed by atoms with Gasteiger partial charge in [-0.15, -0.1) is 0 Å². The van der Waals surface area contributed by atoms with Crippen molar-refractivity contribution in [2.45, 2.75) is 33.7 Å². The zero-order valence-corrected chi connectivity index (χ0v) is 18.8. The van der Waals surface area contributed by atoms with E-state index < -0.39 is 0 Å². The maximum Gasteiger partial charge on any atom is 0.254 e. The van der Waals surface area contributed by atoms with Gasteiger partial charge in [0.05, 0.1) is 24.9 Å². The minimum atomic E-state index is -0.107. The quantitative estimate of drug-likeness (QED) is 0.507. The van der Waals surface area contributed by atoms with E-state index >= 15 is 0 Å². The van der Waals surface area contributed by atoms with Gasteiger partial charge >= 0.3 is 0 Å². The molecule has 164 valence electrons. The van der Waals surface area contributed by atoms with Crippen LogP contribution in [0.1, 0.15) is 49.7 Å². The number of amides is 1. The first kappa shape index (κ1) is 22.3. The second kappa shape index (κ2) is 10.1. The molecule has 3 rings (SSSR count). The average molecular weight is 423 g/mol. The third-order valence-electron chi connectivity index (χ3n) is 5.02. The van der Waals surface area contributed by atoms with Crippen molar-refractivity contribution in [3.8, 4) is 17.2 Å². The molecule has 31 heavy (non-hydrogen) atoms. The number of nitrogens with zero attached hydrogens (tertiary/aromatic N) is 4. The SMILES string of the molecule is CCOc1cc(C(=O)N(C)[C@H](C)c2ccc(-n3cncn3)cc2)ccc1OCC(C)C. The monoisotopic (exact) mass is 422 g/mol. The van der Waals surface area contributed by atoms with Gasteiger partial charge in [0.25, 0.3) is 5.91 Å². The Balaban J connectivity index is 1.75. The Morgan fingerprint density at radius 1 is 1.06 bits per heavy atom. The molecule has 0 aliphatic rings. The van der Waals surface area contributed by atoms with Gasteiger partial charge in [-0.25, -0.2) is 9.67 Å². The highest BCUT2D eigenvalue weighted by atomic mass is 16.5. The summed E-state index contributed by atoms with van der Waals surface area (Å²) >= 11 is 0. The highest BCUT2D eigenvalue weighted by molar-refractivity contribution is 5.95. The summed E-state index contributed by atoms with van der Waals surface area (Å²) in [6.45, 7) is 9.19. The van der Waals surface area contributed by atoms with Gasteiger partial charge in [0.2, 0.25) is 0 Å². The predicted octanol–water partition coefficient (Wildman–Crippen LogP) is 4.53. The molecule has 1 atom stereocenters. The molecule has 3 aromatic rings. The zero-order valence-electron chi connectivity index (χ0n) is 18.8. The van der Waals surface area contributed by atoms with E-state index in [0.29, 0.717) is 36.2 Å². The summed E-state index contributed by atoms with van der Waals surface area (Å²) in [5.74, 6) is 1.57. The van der Waals surface area contributed by atoms with E-state index in [1.807, 2.05) is 51.2 Å². The van der Waals surface area contributed by atoms with Crippen LogP contribution in [0.5, 0.6) is 11.5 Å². The molecule has 1 aromatic heterocycles. The van der Waals surface area contributed by atoms with Gasteiger partial charge in [0, 0.05) is 12.6 Å². The van der Waals surface area contributed by atoms with Crippen LogP contribution in [0.15, 0.2) is 55.1 Å². The van der Waals surface area contributed by atoms with Crippen molar-refractivity contribution in [3.05, 3.63) is 66.2 Å². The number of carbonyl (C=O) groups excluding carboxylic acids is 1. The Bertz CT molecular complexity index is 985. The Kier molecular flexibility index (Phi) is 7.28. The highest BCUT2D eigenvalue weighted by Crippen LogP contribution is 2.30. The van der Waals surface area contributed by atoms with E-state index in [1.54, 1.807) is 28.0 Å². The van der Waals surface area contributed by atoms with Gasteiger partial charge in [-0.05, 0) is 55.7 Å². The third-order valence-corrected chi connectivity index (χ3v) is 5.02. The van der Waals surface area contributed by atoms with E-state index in [1.165, 1.54) is 6.33 Å². The maximum absolute atomic E-state index is 13.2. The lowest BCUT2D eigenvalue weighted by molar-refractivity contribution is 0.0742. The average Bonchev–Trinajstić information content (AvgIpc) is 3.32.